The second-order valence-electron chi connectivity index (χ2n) is 4.11. The van der Waals surface area contributed by atoms with E-state index in [0.29, 0.717) is 5.69 Å². The SMILES string of the molecule is Cc1nc(OCc2ccccc2)c([N+](=O)[O-])c(N)c1Cl. The lowest BCUT2D eigenvalue weighted by Gasteiger charge is -2.09. The van der Waals surface area contributed by atoms with Crippen molar-refractivity contribution < 1.29 is 9.66 Å². The van der Waals surface area contributed by atoms with Gasteiger partial charge >= 0.3 is 5.69 Å². The van der Waals surface area contributed by atoms with Gasteiger partial charge in [0.1, 0.15) is 12.3 Å². The van der Waals surface area contributed by atoms with E-state index in [-0.39, 0.29) is 23.2 Å². The third kappa shape index (κ3) is 2.80. The van der Waals surface area contributed by atoms with E-state index < -0.39 is 10.6 Å². The quantitative estimate of drug-likeness (QED) is 0.691. The lowest BCUT2D eigenvalue weighted by molar-refractivity contribution is -0.385. The fourth-order valence-electron chi connectivity index (χ4n) is 1.67. The number of ether oxygens (including phenoxy) is 1. The van der Waals surface area contributed by atoms with Crippen molar-refractivity contribution in [1.29, 1.82) is 0 Å². The van der Waals surface area contributed by atoms with Gasteiger partial charge in [0.2, 0.25) is 0 Å². The van der Waals surface area contributed by atoms with E-state index in [1.807, 2.05) is 30.3 Å². The molecular formula is C13H12ClN3O3. The van der Waals surface area contributed by atoms with Crippen LogP contribution in [0.4, 0.5) is 11.4 Å². The summed E-state index contributed by atoms with van der Waals surface area (Å²) in [6.45, 7) is 1.77. The van der Waals surface area contributed by atoms with Crippen LogP contribution in [0.15, 0.2) is 30.3 Å². The van der Waals surface area contributed by atoms with Gasteiger partial charge in [0.05, 0.1) is 15.6 Å². The first-order chi connectivity index (χ1) is 9.50. The van der Waals surface area contributed by atoms with E-state index in [9.17, 15) is 10.1 Å². The van der Waals surface area contributed by atoms with Gasteiger partial charge in [-0.1, -0.05) is 41.9 Å². The maximum atomic E-state index is 11.1. The number of hydrogen-bond donors (Lipinski definition) is 1. The van der Waals surface area contributed by atoms with Crippen LogP contribution in [0.3, 0.4) is 0 Å². The lowest BCUT2D eigenvalue weighted by atomic mass is 10.2. The Labute approximate surface area is 120 Å². The molecule has 2 aromatic rings. The molecule has 0 aliphatic heterocycles. The molecule has 0 atom stereocenters. The number of pyridine rings is 1. The minimum Gasteiger partial charge on any atom is -0.468 e. The number of nitrogens with two attached hydrogens (primary N) is 1. The molecule has 2 N–H and O–H groups in total. The first-order valence-electron chi connectivity index (χ1n) is 5.77. The molecule has 7 heteroatoms. The molecule has 0 amide bonds. The number of rotatable bonds is 4. The topological polar surface area (TPSA) is 91.3 Å². The summed E-state index contributed by atoms with van der Waals surface area (Å²) < 4.78 is 5.41. The molecule has 1 heterocycles. The van der Waals surface area contributed by atoms with Crippen molar-refractivity contribution in [3.8, 4) is 5.88 Å². The Bertz CT molecular complexity index is 647. The number of aryl methyl sites for hydroxylation is 1. The van der Waals surface area contributed by atoms with Crippen molar-refractivity contribution in [2.24, 2.45) is 0 Å². The first kappa shape index (κ1) is 14.1. The molecule has 0 saturated carbocycles. The molecule has 0 bridgehead atoms. The smallest absolute Gasteiger partial charge is 0.355 e. The minimum atomic E-state index is -0.645. The Morgan fingerprint density at radius 3 is 2.65 bits per heavy atom. The van der Waals surface area contributed by atoms with Gasteiger partial charge in [0, 0.05) is 0 Å². The summed E-state index contributed by atoms with van der Waals surface area (Å²) in [6.07, 6.45) is 0. The second-order valence-corrected chi connectivity index (χ2v) is 4.49. The predicted octanol–water partition coefficient (Wildman–Crippen LogP) is 3.11. The van der Waals surface area contributed by atoms with Crippen LogP contribution in [0.5, 0.6) is 5.88 Å². The van der Waals surface area contributed by atoms with Gasteiger partial charge in [-0.15, -0.1) is 0 Å². The van der Waals surface area contributed by atoms with E-state index in [1.54, 1.807) is 6.92 Å². The Balaban J connectivity index is 2.34. The van der Waals surface area contributed by atoms with E-state index >= 15 is 0 Å². The zero-order chi connectivity index (χ0) is 14.7. The molecule has 0 unspecified atom stereocenters. The van der Waals surface area contributed by atoms with Gasteiger partial charge in [-0.2, -0.15) is 0 Å². The highest BCUT2D eigenvalue weighted by atomic mass is 35.5. The lowest BCUT2D eigenvalue weighted by Crippen LogP contribution is -2.06. The number of nitrogen functional groups attached to an aromatic ring is 1. The summed E-state index contributed by atoms with van der Waals surface area (Å²) in [6, 6.07) is 9.26. The Morgan fingerprint density at radius 1 is 1.40 bits per heavy atom. The Morgan fingerprint density at radius 2 is 2.05 bits per heavy atom. The molecule has 0 aliphatic carbocycles. The average molecular weight is 294 g/mol. The molecule has 6 nitrogen and oxygen atoms in total. The van der Waals surface area contributed by atoms with Crippen LogP contribution in [0.2, 0.25) is 5.02 Å². The Hall–Kier alpha value is -2.34. The molecule has 0 saturated heterocycles. The number of nitrogens with zero attached hydrogens (tertiary/aromatic N) is 2. The molecule has 2 rings (SSSR count). The maximum Gasteiger partial charge on any atom is 0.355 e. The van der Waals surface area contributed by atoms with Gasteiger partial charge in [-0.05, 0) is 12.5 Å². The third-order valence-electron chi connectivity index (χ3n) is 2.68. The van der Waals surface area contributed by atoms with E-state index in [0.717, 1.165) is 5.56 Å². The van der Waals surface area contributed by atoms with Crippen LogP contribution < -0.4 is 10.5 Å². The maximum absolute atomic E-state index is 11.1. The summed E-state index contributed by atoms with van der Waals surface area (Å²) in [5.41, 5.74) is 6.38. The number of benzene rings is 1. The molecule has 104 valence electrons. The zero-order valence-corrected chi connectivity index (χ0v) is 11.4. The predicted molar refractivity (Wildman–Crippen MR) is 75.8 cm³/mol. The summed E-state index contributed by atoms with van der Waals surface area (Å²) in [4.78, 5) is 14.4. The summed E-state index contributed by atoms with van der Waals surface area (Å²) in [7, 11) is 0. The van der Waals surface area contributed by atoms with Gasteiger partial charge < -0.3 is 10.5 Å². The van der Waals surface area contributed by atoms with E-state index in [4.69, 9.17) is 22.1 Å². The number of hydrogen-bond acceptors (Lipinski definition) is 5. The normalized spacial score (nSPS) is 10.3. The van der Waals surface area contributed by atoms with Gasteiger partial charge in [-0.25, -0.2) is 4.98 Å². The molecule has 0 fully saturated rings. The third-order valence-corrected chi connectivity index (χ3v) is 3.16. The van der Waals surface area contributed by atoms with Crippen LogP contribution >= 0.6 is 11.6 Å². The largest absolute Gasteiger partial charge is 0.468 e. The van der Waals surface area contributed by atoms with Crippen LogP contribution in [-0.2, 0) is 6.61 Å². The highest BCUT2D eigenvalue weighted by Crippen LogP contribution is 2.38. The Kier molecular flexibility index (Phi) is 4.05. The van der Waals surface area contributed by atoms with Crippen molar-refractivity contribution in [1.82, 2.24) is 4.98 Å². The van der Waals surface area contributed by atoms with Crippen LogP contribution in [0, 0.1) is 17.0 Å². The van der Waals surface area contributed by atoms with Crippen molar-refractivity contribution in [2.75, 3.05) is 5.73 Å². The summed E-state index contributed by atoms with van der Waals surface area (Å²) >= 11 is 5.87. The minimum absolute atomic E-state index is 0.0729. The first-order valence-corrected chi connectivity index (χ1v) is 6.15. The monoisotopic (exact) mass is 293 g/mol. The van der Waals surface area contributed by atoms with Crippen molar-refractivity contribution in [3.05, 3.63) is 56.7 Å². The van der Waals surface area contributed by atoms with Gasteiger partial charge in [0.25, 0.3) is 5.88 Å². The van der Waals surface area contributed by atoms with E-state index in [1.165, 1.54) is 0 Å². The molecule has 1 aromatic carbocycles. The zero-order valence-electron chi connectivity index (χ0n) is 10.7. The standard InChI is InChI=1S/C13H12ClN3O3/c1-8-10(14)11(15)12(17(18)19)13(16-8)20-7-9-5-3-2-4-6-9/h2-6H,7H2,1H3,(H2,15,16). The van der Waals surface area contributed by atoms with Crippen LogP contribution in [0.1, 0.15) is 11.3 Å². The molecular weight excluding hydrogens is 282 g/mol. The van der Waals surface area contributed by atoms with E-state index in [2.05, 4.69) is 4.98 Å². The highest BCUT2D eigenvalue weighted by molar-refractivity contribution is 6.34. The number of anilines is 1. The number of nitro groups is 1. The van der Waals surface area contributed by atoms with Gasteiger partial charge in [-0.3, -0.25) is 10.1 Å². The molecule has 1 aromatic heterocycles. The fourth-order valence-corrected chi connectivity index (χ4v) is 1.80. The summed E-state index contributed by atoms with van der Waals surface area (Å²) in [5.74, 6) is -0.127. The second kappa shape index (κ2) is 5.75. The van der Waals surface area contributed by atoms with Crippen molar-refractivity contribution in [3.63, 3.8) is 0 Å². The van der Waals surface area contributed by atoms with Crippen molar-refractivity contribution >= 4 is 23.0 Å². The molecule has 0 spiro atoms. The molecule has 20 heavy (non-hydrogen) atoms. The van der Waals surface area contributed by atoms with Crippen LogP contribution in [0.25, 0.3) is 0 Å². The van der Waals surface area contributed by atoms with Crippen LogP contribution in [-0.4, -0.2) is 9.91 Å². The highest BCUT2D eigenvalue weighted by Gasteiger charge is 2.25. The van der Waals surface area contributed by atoms with Gasteiger partial charge in [0.15, 0.2) is 0 Å². The fraction of sp³-hybridized carbons (Fsp3) is 0.154. The van der Waals surface area contributed by atoms with Crippen molar-refractivity contribution in [2.45, 2.75) is 13.5 Å². The molecule has 0 aliphatic rings. The molecule has 0 radical (unpaired) electrons. The summed E-state index contributed by atoms with van der Waals surface area (Å²) in [5, 5.41) is 11.1. The number of aromatic nitrogens is 1. The average Bonchev–Trinajstić information content (AvgIpc) is 2.43. The number of halogens is 1.